The second kappa shape index (κ2) is 27.7. The van der Waals surface area contributed by atoms with Crippen molar-refractivity contribution in [3.8, 4) is 33.4 Å². The third kappa shape index (κ3) is 12.2. The zero-order valence-corrected chi connectivity index (χ0v) is 64.6. The lowest BCUT2D eigenvalue weighted by Gasteiger charge is -2.44. The van der Waals surface area contributed by atoms with Crippen LogP contribution in [-0.2, 0) is 32.5 Å². The van der Waals surface area contributed by atoms with E-state index in [2.05, 4.69) is 229 Å². The van der Waals surface area contributed by atoms with E-state index in [1.54, 1.807) is 29.3 Å². The van der Waals surface area contributed by atoms with Crippen LogP contribution >= 0.6 is 0 Å². The van der Waals surface area contributed by atoms with Gasteiger partial charge in [-0.15, -0.1) is 0 Å². The zero-order chi connectivity index (χ0) is 95.4. The molecule has 0 N–H and O–H groups in total. The fourth-order valence-electron chi connectivity index (χ4n) is 18.4. The molecule has 19 rings (SSSR count). The molecule has 15 aromatic rings. The van der Waals surface area contributed by atoms with Gasteiger partial charge in [0, 0.05) is 75.5 Å². The van der Waals surface area contributed by atoms with Crippen molar-refractivity contribution in [2.75, 3.05) is 14.7 Å². The van der Waals surface area contributed by atoms with Gasteiger partial charge in [0.25, 0.3) is 0 Å². The van der Waals surface area contributed by atoms with E-state index < -0.39 is 68.5 Å². The number of anilines is 9. The summed E-state index contributed by atoms with van der Waals surface area (Å²) in [5.41, 5.74) is 2.34. The van der Waals surface area contributed by atoms with Gasteiger partial charge in [-0.1, -0.05) is 333 Å². The Labute approximate surface area is 695 Å². The Morgan fingerprint density at radius 2 is 0.554 bits per heavy atom. The van der Waals surface area contributed by atoms with Crippen molar-refractivity contribution >= 4 is 83.5 Å². The first-order valence-electron chi connectivity index (χ1n) is 49.3. The van der Waals surface area contributed by atoms with E-state index >= 15 is 0 Å². The Kier molecular flexibility index (Phi) is 13.0. The molecule has 112 heavy (non-hydrogen) atoms. The van der Waals surface area contributed by atoms with Gasteiger partial charge in [0.15, 0.2) is 0 Å². The Balaban J connectivity index is 0.000000143. The van der Waals surface area contributed by atoms with E-state index in [-0.39, 0.29) is 33.9 Å². The Bertz CT molecular complexity index is 6790. The van der Waals surface area contributed by atoms with Crippen molar-refractivity contribution < 1.29 is 28.8 Å². The van der Waals surface area contributed by atoms with Crippen molar-refractivity contribution in [1.29, 1.82) is 0 Å². The summed E-state index contributed by atoms with van der Waals surface area (Å²) in [6, 6.07) is 108. The van der Waals surface area contributed by atoms with Crippen LogP contribution in [-0.4, -0.2) is 0 Å². The summed E-state index contributed by atoms with van der Waals surface area (Å²) in [6.07, 6.45) is 3.89. The fourth-order valence-corrected chi connectivity index (χ4v) is 18.4. The topological polar surface area (TPSA) is 9.72 Å². The minimum absolute atomic E-state index is 0.0381. The number of nitrogens with zero attached hydrogens (tertiary/aromatic N) is 3. The lowest BCUT2D eigenvalue weighted by atomic mass is 9.59. The molecule has 0 aliphatic heterocycles. The van der Waals surface area contributed by atoms with Crippen LogP contribution in [0.25, 0.3) is 65.7 Å². The number of para-hydroxylation sites is 6. The second-order valence-electron chi connectivity index (χ2n) is 33.1. The van der Waals surface area contributed by atoms with E-state index in [1.807, 2.05) is 132 Å². The highest BCUT2D eigenvalue weighted by molar-refractivity contribution is 6.02. The summed E-state index contributed by atoms with van der Waals surface area (Å²) in [5.74, 6) is 0. The van der Waals surface area contributed by atoms with Gasteiger partial charge in [-0.2, -0.15) is 0 Å². The Hall–Kier alpha value is -11.5. The molecule has 3 nitrogen and oxygen atoms in total. The molecule has 4 aliphatic carbocycles. The minimum Gasteiger partial charge on any atom is -0.310 e. The van der Waals surface area contributed by atoms with Gasteiger partial charge in [-0.05, 0) is 254 Å². The molecule has 0 radical (unpaired) electrons. The lowest BCUT2D eigenvalue weighted by Crippen LogP contribution is -2.42. The van der Waals surface area contributed by atoms with Crippen LogP contribution in [0, 0.1) is 10.8 Å². The molecule has 3 heteroatoms. The fraction of sp³-hybridized carbons (Fsp3) is 0.229. The average molecular weight is 1480 g/mol. The van der Waals surface area contributed by atoms with Gasteiger partial charge in [0.1, 0.15) is 0 Å². The minimum atomic E-state index is -4.47. The molecule has 2 unspecified atom stereocenters. The molecule has 2 bridgehead atoms. The normalized spacial score (nSPS) is 21.9. The molecule has 556 valence electrons. The summed E-state index contributed by atoms with van der Waals surface area (Å²) in [5, 5.41) is 6.08. The predicted molar refractivity (Wildman–Crippen MR) is 480 cm³/mol. The summed E-state index contributed by atoms with van der Waals surface area (Å²) in [4.78, 5) is 6.49. The van der Waals surface area contributed by atoms with Crippen molar-refractivity contribution in [2.45, 2.75) is 148 Å². The largest absolute Gasteiger partial charge is 0.310 e. The maximum absolute atomic E-state index is 9.74. The molecular weight excluding hydrogens is 1350 g/mol. The van der Waals surface area contributed by atoms with Gasteiger partial charge in [-0.25, -0.2) is 0 Å². The van der Waals surface area contributed by atoms with Gasteiger partial charge in [-0.3, -0.25) is 0 Å². The molecule has 0 heterocycles. The van der Waals surface area contributed by atoms with Gasteiger partial charge >= 0.3 is 0 Å². The molecule has 1 saturated carbocycles. The zero-order valence-electron chi connectivity index (χ0n) is 85.6. The lowest BCUT2D eigenvalue weighted by molar-refractivity contribution is 0.125. The van der Waals surface area contributed by atoms with Crippen LogP contribution in [0.5, 0.6) is 0 Å². The van der Waals surface area contributed by atoms with Crippen molar-refractivity contribution in [2.24, 2.45) is 10.8 Å². The number of hydrogen-bond acceptors (Lipinski definition) is 3. The van der Waals surface area contributed by atoms with E-state index in [0.29, 0.717) is 50.4 Å². The van der Waals surface area contributed by atoms with E-state index in [1.165, 1.54) is 64.3 Å². The molecule has 15 aromatic carbocycles. The molecule has 0 aromatic heterocycles. The Morgan fingerprint density at radius 3 is 0.911 bits per heavy atom. The van der Waals surface area contributed by atoms with E-state index in [4.69, 9.17) is 24.7 Å². The molecule has 1 fully saturated rings. The number of rotatable bonds is 12. The van der Waals surface area contributed by atoms with Crippen molar-refractivity contribution in [3.63, 3.8) is 0 Å². The van der Waals surface area contributed by atoms with Crippen molar-refractivity contribution in [3.05, 3.63) is 379 Å². The first-order chi connectivity index (χ1) is 62.6. The van der Waals surface area contributed by atoms with Gasteiger partial charge < -0.3 is 14.7 Å². The van der Waals surface area contributed by atoms with E-state index in [9.17, 15) is 4.11 Å². The molecule has 0 saturated heterocycles. The molecule has 2 atom stereocenters. The molecule has 0 amide bonds. The van der Waals surface area contributed by atoms with Crippen LogP contribution in [0.3, 0.4) is 0 Å². The van der Waals surface area contributed by atoms with Crippen LogP contribution in [0.4, 0.5) is 51.2 Å². The second-order valence-corrected chi connectivity index (χ2v) is 33.1. The van der Waals surface area contributed by atoms with Crippen molar-refractivity contribution in [1.82, 2.24) is 0 Å². The third-order valence-corrected chi connectivity index (χ3v) is 25.8. The number of benzene rings is 15. The highest BCUT2D eigenvalue weighted by Crippen LogP contribution is 2.65. The maximum atomic E-state index is 9.74. The smallest absolute Gasteiger partial charge is 0.0632 e. The van der Waals surface area contributed by atoms with Crippen LogP contribution < -0.4 is 14.7 Å². The van der Waals surface area contributed by atoms with Crippen LogP contribution in [0.2, 0.25) is 0 Å². The van der Waals surface area contributed by atoms with E-state index in [0.717, 1.165) is 62.0 Å². The van der Waals surface area contributed by atoms with Gasteiger partial charge in [0.05, 0.1) is 21.2 Å². The molecule has 0 spiro atoms. The summed E-state index contributed by atoms with van der Waals surface area (Å²) < 4.78 is 187. The highest BCUT2D eigenvalue weighted by Gasteiger charge is 2.58. The monoisotopic (exact) mass is 1480 g/mol. The molecular formula is C109H105N3. The number of fused-ring (bicyclic) bond motifs is 10. The third-order valence-electron chi connectivity index (χ3n) is 25.8. The predicted octanol–water partition coefficient (Wildman–Crippen LogP) is 30.8. The standard InChI is InChI=1S/2C37H37N.C35H31N/c2*1-35(2)32-22-21-28(24-33(32)36(3,4)37(35,5)6)31-23-26-15-13-14-16-27(26)25-34(31)38(29-17-9-7-10-18-29)30-19-11-8-12-20-30;1-34-19-20-35(2,24-34)32-22-27(17-18-31(32)34)30-21-25-11-9-10-12-26(25)23-33(30)36(28-13-5-3-6-14-28)29-15-7-4-8-16-29/h2*7-25H,1-6H3;3-18,21-23H,19-20,24H2,1-2H3/i1D3,2D3,3D3,4D3,5D3,6D3;21D,22D,24D;. The quantitative estimate of drug-likeness (QED) is 0.121. The summed E-state index contributed by atoms with van der Waals surface area (Å²) >= 11 is 0. The maximum Gasteiger partial charge on any atom is 0.0632 e. The first kappa shape index (κ1) is 52.6. The highest BCUT2D eigenvalue weighted by atomic mass is 15.2. The first-order valence-corrected chi connectivity index (χ1v) is 38.8. The van der Waals surface area contributed by atoms with Gasteiger partial charge in [0.2, 0.25) is 0 Å². The SMILES string of the molecule is CC12CCC(C)(C1)c1cc(-c3cc4ccccc4cc3N(c3ccccc3)c3ccccc3)ccc12.[2H]C([2H])([2H])C1(C([2H])([2H])[2H])c2ccc(-c3cc4ccccc4cc3N(c3ccccc3)c3ccccc3)cc2C(C([2H])([2H])[2H])(C([2H])([2H])[2H])C1(C([2H])([2H])[2H])C([2H])([2H])[2H].[2H]c1c([2H])c2c(c([2H])c1-c1cc3ccccc3cc1N(c1ccccc1)c1ccccc1)C(C)(C)C(C)(C)C2(C)C. The average Bonchev–Trinajstić information content (AvgIpc) is 1.44. The number of hydrogen-bond donors (Lipinski definition) is 0. The van der Waals surface area contributed by atoms with Crippen LogP contribution in [0.15, 0.2) is 346 Å². The molecule has 4 aliphatic rings. The Morgan fingerprint density at radius 1 is 0.250 bits per heavy atom. The summed E-state index contributed by atoms with van der Waals surface area (Å²) in [7, 11) is 0. The van der Waals surface area contributed by atoms with Crippen LogP contribution in [0.1, 0.15) is 178 Å². The summed E-state index contributed by atoms with van der Waals surface area (Å²) in [6.45, 7) is -7.08.